The van der Waals surface area contributed by atoms with E-state index in [2.05, 4.69) is 49.5 Å². The third kappa shape index (κ3) is 6.83. The molecule has 1 aliphatic heterocycles. The van der Waals surface area contributed by atoms with Crippen molar-refractivity contribution in [1.82, 2.24) is 4.98 Å². The molecule has 2 atom stereocenters. The maximum absolute atomic E-state index is 13.0. The standard InChI is InChI=1S/C33H42Cl2N4O6Si/c1-20-11-9-12-23(39(41)42)31(20)38-27-15-22-21(18-36-27)17-33(26(19-40)37-22,13-10-14-45-46(7,8)32(2,3)4)28-29(34)24(43-5)16-25(44-6)30(28)35/h9,11-12,15-16,18-19,26,37H,10,13-14,17H2,1-8H3,(H,36,38). The monoisotopic (exact) mass is 688 g/mol. The van der Waals surface area contributed by atoms with Crippen molar-refractivity contribution in [3.05, 3.63) is 73.4 Å². The summed E-state index contributed by atoms with van der Waals surface area (Å²) in [4.78, 5) is 28.9. The van der Waals surface area contributed by atoms with E-state index in [0.29, 0.717) is 75.7 Å². The molecule has 0 radical (unpaired) electrons. The van der Waals surface area contributed by atoms with E-state index in [4.69, 9.17) is 37.1 Å². The summed E-state index contributed by atoms with van der Waals surface area (Å²) in [6.07, 6.45) is 4.07. The maximum Gasteiger partial charge on any atom is 0.292 e. The second kappa shape index (κ2) is 13.8. The third-order valence-corrected chi connectivity index (χ3v) is 14.6. The molecular formula is C33H42Cl2N4O6Si. The number of halogens is 2. The molecule has 1 aromatic heterocycles. The van der Waals surface area contributed by atoms with Gasteiger partial charge in [0.05, 0.1) is 35.2 Å². The molecule has 4 rings (SSSR count). The minimum Gasteiger partial charge on any atom is -0.495 e. The van der Waals surface area contributed by atoms with Crippen LogP contribution < -0.4 is 20.1 Å². The number of fused-ring (bicyclic) bond motifs is 1. The third-order valence-electron chi connectivity index (χ3n) is 9.34. The minimum absolute atomic E-state index is 0.0459. The van der Waals surface area contributed by atoms with Crippen LogP contribution in [0.3, 0.4) is 0 Å². The van der Waals surface area contributed by atoms with Crippen LogP contribution in [0.1, 0.15) is 50.3 Å². The number of pyridine rings is 1. The molecule has 2 unspecified atom stereocenters. The minimum atomic E-state index is -2.02. The van der Waals surface area contributed by atoms with Crippen LogP contribution in [0.4, 0.5) is 22.9 Å². The first-order valence-electron chi connectivity index (χ1n) is 15.1. The van der Waals surface area contributed by atoms with E-state index < -0.39 is 24.7 Å². The van der Waals surface area contributed by atoms with E-state index in [1.807, 2.05) is 0 Å². The highest BCUT2D eigenvalue weighted by atomic mass is 35.5. The molecule has 0 saturated heterocycles. The average molecular weight is 690 g/mol. The lowest BCUT2D eigenvalue weighted by molar-refractivity contribution is -0.384. The van der Waals surface area contributed by atoms with Crippen LogP contribution in [0.25, 0.3) is 0 Å². The molecule has 3 aromatic rings. The predicted molar refractivity (Wildman–Crippen MR) is 186 cm³/mol. The summed E-state index contributed by atoms with van der Waals surface area (Å²) in [6.45, 7) is 13.3. The Hall–Kier alpha value is -3.38. The number of para-hydroxylation sites is 1. The number of anilines is 3. The summed E-state index contributed by atoms with van der Waals surface area (Å²) in [7, 11) is 1.01. The maximum atomic E-state index is 13.0. The molecule has 2 aromatic carbocycles. The van der Waals surface area contributed by atoms with Crippen molar-refractivity contribution in [1.29, 1.82) is 0 Å². The largest absolute Gasteiger partial charge is 0.495 e. The fourth-order valence-corrected chi connectivity index (χ4v) is 7.67. The van der Waals surface area contributed by atoms with Crippen molar-refractivity contribution < 1.29 is 23.6 Å². The Morgan fingerprint density at radius 1 is 1.17 bits per heavy atom. The van der Waals surface area contributed by atoms with E-state index in [-0.39, 0.29) is 10.7 Å². The van der Waals surface area contributed by atoms with Gasteiger partial charge < -0.3 is 29.3 Å². The molecule has 0 bridgehead atoms. The van der Waals surface area contributed by atoms with E-state index in [9.17, 15) is 14.9 Å². The first-order valence-corrected chi connectivity index (χ1v) is 18.7. The van der Waals surface area contributed by atoms with E-state index in [0.717, 1.165) is 11.8 Å². The number of nitrogens with zero attached hydrogens (tertiary/aromatic N) is 2. The number of benzene rings is 2. The van der Waals surface area contributed by atoms with E-state index >= 15 is 0 Å². The zero-order valence-electron chi connectivity index (χ0n) is 27.5. The lowest BCUT2D eigenvalue weighted by Crippen LogP contribution is -2.51. The van der Waals surface area contributed by atoms with Crippen LogP contribution in [0, 0.1) is 17.0 Å². The molecule has 0 amide bonds. The predicted octanol–water partition coefficient (Wildman–Crippen LogP) is 8.64. The van der Waals surface area contributed by atoms with Gasteiger partial charge in [-0.25, -0.2) is 4.98 Å². The van der Waals surface area contributed by atoms with Crippen LogP contribution in [0.5, 0.6) is 11.5 Å². The molecule has 2 heterocycles. The Morgan fingerprint density at radius 3 is 2.39 bits per heavy atom. The zero-order chi connectivity index (χ0) is 34.0. The highest BCUT2D eigenvalue weighted by Crippen LogP contribution is 2.53. The number of ether oxygens (including phenoxy) is 2. The summed E-state index contributed by atoms with van der Waals surface area (Å²) in [5, 5.41) is 18.9. The Morgan fingerprint density at radius 2 is 1.83 bits per heavy atom. The quantitative estimate of drug-likeness (QED) is 0.0632. The summed E-state index contributed by atoms with van der Waals surface area (Å²) < 4.78 is 17.7. The molecule has 46 heavy (non-hydrogen) atoms. The van der Waals surface area contributed by atoms with Gasteiger partial charge in [-0.15, -0.1) is 0 Å². The number of nitro groups is 1. The summed E-state index contributed by atoms with van der Waals surface area (Å²) in [5.41, 5.74) is 2.10. The smallest absolute Gasteiger partial charge is 0.292 e. The van der Waals surface area contributed by atoms with E-state index in [1.54, 1.807) is 37.4 Å². The number of carbonyl (C=O) groups excluding carboxylic acids is 1. The van der Waals surface area contributed by atoms with Crippen LogP contribution in [-0.4, -0.2) is 51.4 Å². The van der Waals surface area contributed by atoms with E-state index in [1.165, 1.54) is 20.3 Å². The lowest BCUT2D eigenvalue weighted by atomic mass is 9.65. The van der Waals surface area contributed by atoms with Gasteiger partial charge in [0.2, 0.25) is 0 Å². The fourth-order valence-electron chi connectivity index (χ4n) is 5.71. The van der Waals surface area contributed by atoms with Crippen molar-refractivity contribution in [2.24, 2.45) is 0 Å². The van der Waals surface area contributed by atoms with Gasteiger partial charge in [-0.1, -0.05) is 56.1 Å². The number of hydrogen-bond acceptors (Lipinski definition) is 9. The molecule has 0 saturated carbocycles. The molecule has 0 aliphatic carbocycles. The Balaban J connectivity index is 1.79. The van der Waals surface area contributed by atoms with Gasteiger partial charge >= 0.3 is 0 Å². The molecule has 248 valence electrons. The highest BCUT2D eigenvalue weighted by molar-refractivity contribution is 6.74. The summed E-state index contributed by atoms with van der Waals surface area (Å²) in [6, 6.07) is 7.48. The second-order valence-electron chi connectivity index (χ2n) is 13.2. The van der Waals surface area contributed by atoms with Gasteiger partial charge in [0.15, 0.2) is 8.32 Å². The molecule has 2 N–H and O–H groups in total. The number of aromatic nitrogens is 1. The number of hydrogen-bond donors (Lipinski definition) is 2. The normalized spacial score (nSPS) is 17.9. The average Bonchev–Trinajstić information content (AvgIpc) is 2.99. The van der Waals surface area contributed by atoms with Crippen molar-refractivity contribution in [2.75, 3.05) is 31.5 Å². The topological polar surface area (TPSA) is 125 Å². The van der Waals surface area contributed by atoms with Crippen LogP contribution in [0.2, 0.25) is 28.2 Å². The summed E-state index contributed by atoms with van der Waals surface area (Å²) in [5.74, 6) is 1.15. The lowest BCUT2D eigenvalue weighted by Gasteiger charge is -2.45. The molecular weight excluding hydrogens is 647 g/mol. The second-order valence-corrected chi connectivity index (χ2v) is 18.7. The zero-order valence-corrected chi connectivity index (χ0v) is 30.1. The molecule has 1 aliphatic rings. The molecule has 10 nitrogen and oxygen atoms in total. The molecule has 0 fully saturated rings. The van der Waals surface area contributed by atoms with Gasteiger partial charge in [-0.3, -0.25) is 10.1 Å². The molecule has 0 spiro atoms. The van der Waals surface area contributed by atoms with Crippen molar-refractivity contribution >= 4 is 60.7 Å². The number of aldehydes is 1. The van der Waals surface area contributed by atoms with Crippen LogP contribution in [0.15, 0.2) is 36.5 Å². The molecule has 13 heteroatoms. The number of rotatable bonds is 12. The first-order chi connectivity index (χ1) is 21.6. The number of aryl methyl sites for hydroxylation is 1. The van der Waals surface area contributed by atoms with Crippen LogP contribution >= 0.6 is 23.2 Å². The van der Waals surface area contributed by atoms with Gasteiger partial charge in [0, 0.05) is 47.7 Å². The fraction of sp³-hybridized carbons (Fsp3) is 0.455. The Kier molecular flexibility index (Phi) is 10.6. The van der Waals surface area contributed by atoms with Crippen molar-refractivity contribution in [3.63, 3.8) is 0 Å². The number of nitro benzene ring substituents is 1. The number of nitrogens with one attached hydrogen (secondary N) is 2. The SMILES string of the molecule is COc1cc(OC)c(Cl)c(C2(CCCO[Si](C)(C)C(C)(C)C)Cc3cnc(Nc4c(C)cccc4[N+](=O)[O-])cc3NC2C=O)c1Cl. The van der Waals surface area contributed by atoms with Crippen molar-refractivity contribution in [2.45, 2.75) is 76.5 Å². The van der Waals surface area contributed by atoms with Crippen LogP contribution in [-0.2, 0) is 21.1 Å². The summed E-state index contributed by atoms with van der Waals surface area (Å²) >= 11 is 14.0. The number of methoxy groups -OCH3 is 2. The first kappa shape index (κ1) is 35.5. The Labute approximate surface area is 281 Å². The van der Waals surface area contributed by atoms with Gasteiger partial charge in [-0.2, -0.15) is 0 Å². The van der Waals surface area contributed by atoms with Gasteiger partial charge in [0.1, 0.15) is 29.3 Å². The van der Waals surface area contributed by atoms with Gasteiger partial charge in [-0.05, 0) is 55.4 Å². The van der Waals surface area contributed by atoms with Crippen molar-refractivity contribution in [3.8, 4) is 11.5 Å². The highest BCUT2D eigenvalue weighted by Gasteiger charge is 2.48. The van der Waals surface area contributed by atoms with Gasteiger partial charge in [0.25, 0.3) is 5.69 Å². The number of carbonyl (C=O) groups is 1. The Bertz CT molecular complexity index is 1600.